The van der Waals surface area contributed by atoms with E-state index in [-0.39, 0.29) is 18.9 Å². The molecule has 0 radical (unpaired) electrons. The zero-order valence-electron chi connectivity index (χ0n) is 11.3. The molecular formula is C10H20N4O5S. The first-order valence-electron chi connectivity index (χ1n) is 6.10. The van der Waals surface area contributed by atoms with E-state index in [9.17, 15) is 13.2 Å². The molecule has 0 aliphatic carbocycles. The van der Waals surface area contributed by atoms with E-state index in [4.69, 9.17) is 15.7 Å². The van der Waals surface area contributed by atoms with Crippen molar-refractivity contribution in [3.63, 3.8) is 0 Å². The van der Waals surface area contributed by atoms with Crippen LogP contribution in [0, 0.1) is 5.41 Å². The molecule has 0 unspecified atom stereocenters. The maximum Gasteiger partial charge on any atom is 0.234 e. The van der Waals surface area contributed by atoms with Crippen LogP contribution in [0.1, 0.15) is 12.8 Å². The summed E-state index contributed by atoms with van der Waals surface area (Å²) in [5, 5.41) is 14.4. The zero-order valence-corrected chi connectivity index (χ0v) is 12.1. The van der Waals surface area contributed by atoms with E-state index in [2.05, 4.69) is 15.2 Å². The van der Waals surface area contributed by atoms with Crippen LogP contribution in [-0.4, -0.2) is 57.9 Å². The van der Waals surface area contributed by atoms with Crippen LogP contribution in [0.15, 0.2) is 5.16 Å². The molecular weight excluding hydrogens is 288 g/mol. The Hall–Kier alpha value is -1.39. The molecule has 0 aromatic heterocycles. The second kappa shape index (κ2) is 6.86. The van der Waals surface area contributed by atoms with Gasteiger partial charge in [0.05, 0.1) is 6.26 Å². The lowest BCUT2D eigenvalue weighted by Crippen LogP contribution is -2.53. The van der Waals surface area contributed by atoms with Gasteiger partial charge in [-0.25, -0.2) is 13.1 Å². The molecule has 1 amide bonds. The van der Waals surface area contributed by atoms with Gasteiger partial charge in [0.1, 0.15) is 5.41 Å². The molecule has 5 N–H and O–H groups in total. The summed E-state index contributed by atoms with van der Waals surface area (Å²) >= 11 is 0. The van der Waals surface area contributed by atoms with E-state index < -0.39 is 21.3 Å². The highest BCUT2D eigenvalue weighted by Crippen LogP contribution is 2.31. The van der Waals surface area contributed by atoms with Crippen LogP contribution in [0.3, 0.4) is 0 Å². The van der Waals surface area contributed by atoms with Gasteiger partial charge in [0, 0.05) is 26.3 Å². The van der Waals surface area contributed by atoms with Crippen molar-refractivity contribution < 1.29 is 23.2 Å². The SMILES string of the molecule is CS(=O)(=O)NCCNC(=O)C1(C(N)=NO)CCOCC1. The van der Waals surface area contributed by atoms with Gasteiger partial charge in [0.15, 0.2) is 5.84 Å². The minimum absolute atomic E-state index is 0.0767. The molecule has 0 aromatic carbocycles. The van der Waals surface area contributed by atoms with Crippen molar-refractivity contribution in [1.29, 1.82) is 0 Å². The zero-order chi connectivity index (χ0) is 15.2. The summed E-state index contributed by atoms with van der Waals surface area (Å²) in [7, 11) is -3.29. The Bertz CT molecular complexity index is 470. The van der Waals surface area contributed by atoms with Gasteiger partial charge in [0.25, 0.3) is 0 Å². The fourth-order valence-corrected chi connectivity index (χ4v) is 2.47. The normalized spacial score (nSPS) is 19.6. The van der Waals surface area contributed by atoms with E-state index in [0.29, 0.717) is 26.1 Å². The largest absolute Gasteiger partial charge is 0.409 e. The Morgan fingerprint density at radius 1 is 1.40 bits per heavy atom. The third kappa shape index (κ3) is 4.32. The topological polar surface area (TPSA) is 143 Å². The summed E-state index contributed by atoms with van der Waals surface area (Å²) in [6.45, 7) is 0.872. The van der Waals surface area contributed by atoms with Crippen molar-refractivity contribution in [1.82, 2.24) is 10.0 Å². The highest BCUT2D eigenvalue weighted by atomic mass is 32.2. The van der Waals surface area contributed by atoms with E-state index in [0.717, 1.165) is 6.26 Å². The lowest BCUT2D eigenvalue weighted by molar-refractivity contribution is -0.131. The lowest BCUT2D eigenvalue weighted by Gasteiger charge is -2.34. The van der Waals surface area contributed by atoms with Gasteiger partial charge in [0.2, 0.25) is 15.9 Å². The first-order chi connectivity index (χ1) is 9.32. The summed E-state index contributed by atoms with van der Waals surface area (Å²) in [6, 6.07) is 0. The standard InChI is InChI=1S/C10H20N4O5S/c1-20(17,18)13-5-4-12-9(15)10(8(11)14-16)2-6-19-7-3-10/h13,16H,2-7H2,1H3,(H2,11,14)(H,12,15). The molecule has 116 valence electrons. The lowest BCUT2D eigenvalue weighted by atomic mass is 9.78. The smallest absolute Gasteiger partial charge is 0.234 e. The number of nitrogens with two attached hydrogens (primary N) is 1. The first-order valence-corrected chi connectivity index (χ1v) is 8.00. The van der Waals surface area contributed by atoms with E-state index >= 15 is 0 Å². The van der Waals surface area contributed by atoms with Gasteiger partial charge in [-0.05, 0) is 12.8 Å². The minimum atomic E-state index is -3.29. The average molecular weight is 308 g/mol. The summed E-state index contributed by atoms with van der Waals surface area (Å²) in [4.78, 5) is 12.2. The summed E-state index contributed by atoms with van der Waals surface area (Å²) in [5.41, 5.74) is 4.53. The third-order valence-corrected chi connectivity index (χ3v) is 3.88. The molecule has 1 saturated heterocycles. The summed E-state index contributed by atoms with van der Waals surface area (Å²) in [6.07, 6.45) is 1.66. The monoisotopic (exact) mass is 308 g/mol. The number of oxime groups is 1. The van der Waals surface area contributed by atoms with Crippen LogP contribution in [-0.2, 0) is 19.6 Å². The van der Waals surface area contributed by atoms with Gasteiger partial charge in [-0.15, -0.1) is 0 Å². The number of sulfonamides is 1. The third-order valence-electron chi connectivity index (χ3n) is 3.15. The van der Waals surface area contributed by atoms with Gasteiger partial charge in [-0.3, -0.25) is 4.79 Å². The van der Waals surface area contributed by atoms with Crippen LogP contribution in [0.4, 0.5) is 0 Å². The quantitative estimate of drug-likeness (QED) is 0.150. The van der Waals surface area contributed by atoms with E-state index in [1.807, 2.05) is 0 Å². The molecule has 9 nitrogen and oxygen atoms in total. The van der Waals surface area contributed by atoms with Gasteiger partial charge in [-0.1, -0.05) is 5.16 Å². The van der Waals surface area contributed by atoms with Crippen molar-refractivity contribution in [2.75, 3.05) is 32.6 Å². The molecule has 0 bridgehead atoms. The number of carbonyl (C=O) groups excluding carboxylic acids is 1. The second-order valence-corrected chi connectivity index (χ2v) is 6.44. The number of amides is 1. The van der Waals surface area contributed by atoms with Crippen molar-refractivity contribution in [2.24, 2.45) is 16.3 Å². The van der Waals surface area contributed by atoms with Gasteiger partial charge < -0.3 is 21.0 Å². The molecule has 1 heterocycles. The molecule has 1 fully saturated rings. The molecule has 0 spiro atoms. The molecule has 20 heavy (non-hydrogen) atoms. The van der Waals surface area contributed by atoms with Crippen molar-refractivity contribution in [3.8, 4) is 0 Å². The molecule has 0 saturated carbocycles. The Kier molecular flexibility index (Phi) is 5.72. The minimum Gasteiger partial charge on any atom is -0.409 e. The molecule has 1 aliphatic heterocycles. The molecule has 1 rings (SSSR count). The second-order valence-electron chi connectivity index (χ2n) is 4.60. The summed E-state index contributed by atoms with van der Waals surface area (Å²) in [5.74, 6) is -0.555. The highest BCUT2D eigenvalue weighted by molar-refractivity contribution is 7.88. The predicted octanol–water partition coefficient (Wildman–Crippen LogP) is -1.80. The van der Waals surface area contributed by atoms with Crippen LogP contribution in [0.2, 0.25) is 0 Å². The summed E-state index contributed by atoms with van der Waals surface area (Å²) < 4.78 is 29.2. The van der Waals surface area contributed by atoms with Gasteiger partial charge in [-0.2, -0.15) is 0 Å². The number of ether oxygens (including phenoxy) is 1. The van der Waals surface area contributed by atoms with Crippen LogP contribution in [0.25, 0.3) is 0 Å². The highest BCUT2D eigenvalue weighted by Gasteiger charge is 2.44. The first kappa shape index (κ1) is 16.7. The molecule has 0 aromatic rings. The van der Waals surface area contributed by atoms with Gasteiger partial charge >= 0.3 is 0 Å². The number of nitrogens with one attached hydrogen (secondary N) is 2. The average Bonchev–Trinajstić information content (AvgIpc) is 2.42. The van der Waals surface area contributed by atoms with E-state index in [1.165, 1.54) is 0 Å². The van der Waals surface area contributed by atoms with Crippen LogP contribution < -0.4 is 15.8 Å². The van der Waals surface area contributed by atoms with E-state index in [1.54, 1.807) is 0 Å². The predicted molar refractivity (Wildman–Crippen MR) is 71.8 cm³/mol. The van der Waals surface area contributed by atoms with Crippen LogP contribution >= 0.6 is 0 Å². The number of nitrogens with zero attached hydrogens (tertiary/aromatic N) is 1. The number of rotatable bonds is 6. The van der Waals surface area contributed by atoms with Crippen molar-refractivity contribution in [3.05, 3.63) is 0 Å². The Balaban J connectivity index is 2.61. The fourth-order valence-electron chi connectivity index (χ4n) is 2.00. The number of hydrogen-bond donors (Lipinski definition) is 4. The Labute approximate surface area is 117 Å². The maximum absolute atomic E-state index is 12.2. The molecule has 10 heteroatoms. The van der Waals surface area contributed by atoms with Crippen LogP contribution in [0.5, 0.6) is 0 Å². The fraction of sp³-hybridized carbons (Fsp3) is 0.800. The Morgan fingerprint density at radius 2 is 2.00 bits per heavy atom. The van der Waals surface area contributed by atoms with Crippen molar-refractivity contribution >= 4 is 21.8 Å². The Morgan fingerprint density at radius 3 is 2.50 bits per heavy atom. The maximum atomic E-state index is 12.2. The molecule has 0 atom stereocenters. The molecule has 1 aliphatic rings. The number of amidine groups is 1. The number of carbonyl (C=O) groups is 1. The number of hydrogen-bond acceptors (Lipinski definition) is 6. The van der Waals surface area contributed by atoms with Crippen molar-refractivity contribution in [2.45, 2.75) is 12.8 Å².